The number of nitriles is 1. The topological polar surface area (TPSA) is 140 Å². The van der Waals surface area contributed by atoms with E-state index in [0.717, 1.165) is 25.3 Å². The van der Waals surface area contributed by atoms with E-state index in [1.807, 2.05) is 12.1 Å². The highest BCUT2D eigenvalue weighted by Gasteiger charge is 2.33. The summed E-state index contributed by atoms with van der Waals surface area (Å²) in [6, 6.07) is 13.3. The molecule has 1 aromatic carbocycles. The van der Waals surface area contributed by atoms with Crippen molar-refractivity contribution in [2.75, 3.05) is 57.1 Å². The second kappa shape index (κ2) is 14.0. The van der Waals surface area contributed by atoms with Crippen molar-refractivity contribution in [1.82, 2.24) is 24.8 Å². The summed E-state index contributed by atoms with van der Waals surface area (Å²) in [5, 5.41) is 22.4. The van der Waals surface area contributed by atoms with Crippen LogP contribution in [-0.4, -0.2) is 107 Å². The van der Waals surface area contributed by atoms with Crippen LogP contribution >= 0.6 is 0 Å². The Kier molecular flexibility index (Phi) is 9.90. The molecule has 1 amide bonds. The van der Waals surface area contributed by atoms with Gasteiger partial charge in [0.1, 0.15) is 41.6 Å². The summed E-state index contributed by atoms with van der Waals surface area (Å²) < 4.78 is 37.1. The quantitative estimate of drug-likeness (QED) is 0.363. The average molecular weight is 623 g/mol. The molecule has 0 bridgehead atoms. The summed E-state index contributed by atoms with van der Waals surface area (Å²) in [5.41, 5.74) is 2.49. The van der Waals surface area contributed by atoms with Crippen molar-refractivity contribution in [3.8, 4) is 29.0 Å². The Balaban J connectivity index is 1.24. The third-order valence-corrected chi connectivity index (χ3v) is 8.19. The smallest absolute Gasteiger partial charge is 0.273 e. The van der Waals surface area contributed by atoms with Gasteiger partial charge in [-0.05, 0) is 44.3 Å². The third-order valence-electron chi connectivity index (χ3n) is 8.19. The lowest BCUT2D eigenvalue weighted by atomic mass is 10.1. The summed E-state index contributed by atoms with van der Waals surface area (Å²) in [6.45, 7) is 5.24. The van der Waals surface area contributed by atoms with Gasteiger partial charge in [0.05, 0.1) is 18.4 Å². The van der Waals surface area contributed by atoms with Gasteiger partial charge in [0.15, 0.2) is 6.10 Å². The number of pyridine rings is 1. The van der Waals surface area contributed by atoms with Gasteiger partial charge in [-0.1, -0.05) is 0 Å². The molecule has 238 valence electrons. The Labute approximate surface area is 260 Å². The maximum absolute atomic E-state index is 12.7. The number of piperazine rings is 1. The number of hydrogen-bond acceptors (Lipinski definition) is 11. The Morgan fingerprint density at radius 3 is 2.58 bits per heavy atom. The molecule has 0 saturated carbocycles. The van der Waals surface area contributed by atoms with Crippen LogP contribution in [0.1, 0.15) is 25.3 Å². The van der Waals surface area contributed by atoms with Crippen LogP contribution in [0.4, 0.5) is 26.1 Å². The van der Waals surface area contributed by atoms with Crippen molar-refractivity contribution in [3.05, 3.63) is 48.3 Å². The van der Waals surface area contributed by atoms with Crippen LogP contribution in [0, 0.1) is 11.3 Å². The number of benzene rings is 1. The van der Waals surface area contributed by atoms with E-state index in [1.54, 1.807) is 31.4 Å². The van der Waals surface area contributed by atoms with E-state index in [2.05, 4.69) is 50.1 Å². The van der Waals surface area contributed by atoms with E-state index in [-0.39, 0.29) is 19.2 Å². The second-order valence-electron chi connectivity index (χ2n) is 11.2. The number of methoxy groups -OCH3 is 1. The van der Waals surface area contributed by atoms with Gasteiger partial charge in [-0.15, -0.1) is 0 Å². The number of piperidine rings is 1. The van der Waals surface area contributed by atoms with Crippen molar-refractivity contribution in [1.29, 1.82) is 5.26 Å². The van der Waals surface area contributed by atoms with E-state index in [9.17, 15) is 23.9 Å². The van der Waals surface area contributed by atoms with E-state index in [1.165, 1.54) is 11.2 Å². The van der Waals surface area contributed by atoms with E-state index < -0.39 is 18.4 Å². The molecule has 5 rings (SSSR count). The minimum atomic E-state index is -3.13. The van der Waals surface area contributed by atoms with Crippen molar-refractivity contribution in [3.63, 3.8) is 0 Å². The molecule has 45 heavy (non-hydrogen) atoms. The monoisotopic (exact) mass is 622 g/mol. The number of aliphatic hydroxyl groups excluding tert-OH is 1. The number of carbonyl (C=O) groups is 1. The molecule has 4 heterocycles. The van der Waals surface area contributed by atoms with Crippen LogP contribution in [0.2, 0.25) is 0 Å². The number of aliphatic hydroxyl groups is 1. The highest BCUT2D eigenvalue weighted by Crippen LogP contribution is 2.32. The van der Waals surface area contributed by atoms with E-state index in [4.69, 9.17) is 9.47 Å². The first-order chi connectivity index (χ1) is 21.7. The second-order valence-corrected chi connectivity index (χ2v) is 11.2. The number of anilines is 3. The molecule has 2 N–H and O–H groups in total. The number of nitrogens with zero attached hydrogens (tertiary/aromatic N) is 7. The first kappa shape index (κ1) is 31.8. The number of hydrogen-bond donors (Lipinski definition) is 2. The molecule has 2 aliphatic heterocycles. The molecule has 2 aliphatic rings. The fourth-order valence-corrected chi connectivity index (χ4v) is 5.42. The molecular weight excluding hydrogens is 586 g/mol. The molecule has 2 aromatic heterocycles. The largest absolute Gasteiger partial charge is 0.489 e. The number of carbonyl (C=O) groups excluding carboxylic acids is 1. The molecule has 0 spiro atoms. The average Bonchev–Trinajstić information content (AvgIpc) is 3.06. The molecular formula is C31H36F2N8O4. The molecule has 3 aromatic rings. The third kappa shape index (κ3) is 7.38. The summed E-state index contributed by atoms with van der Waals surface area (Å²) >= 11 is 0. The predicted octanol–water partition coefficient (Wildman–Crippen LogP) is 3.30. The van der Waals surface area contributed by atoms with Crippen molar-refractivity contribution in [2.24, 2.45) is 0 Å². The summed E-state index contributed by atoms with van der Waals surface area (Å²) in [7, 11) is 3.72. The molecule has 2 atom stereocenters. The normalized spacial score (nSPS) is 18.4. The standard InChI is InChI=1S/C31H36F2N8O4/c1-19-17-41(13-12-39(19)2)24-5-7-26(38-30(24)44-3)37-27-15-23(35-18-36-27)20-4-6-25(21(14-20)16-34)45-22-8-10-40(11-9-22)31(43)28(42)29(32)33/h4-7,14-15,18-19,22,28-29,42H,8-13,17H2,1-3H3,(H,35,36,37,38)/t19-,28-/m0/s1. The van der Waals surface area contributed by atoms with Gasteiger partial charge in [-0.25, -0.2) is 18.7 Å². The van der Waals surface area contributed by atoms with Gasteiger partial charge >= 0.3 is 0 Å². The lowest BCUT2D eigenvalue weighted by Crippen LogP contribution is -2.50. The fourth-order valence-electron chi connectivity index (χ4n) is 5.42. The van der Waals surface area contributed by atoms with Crippen LogP contribution in [-0.2, 0) is 4.79 Å². The lowest BCUT2D eigenvalue weighted by Gasteiger charge is -2.39. The van der Waals surface area contributed by atoms with Gasteiger partial charge in [-0.2, -0.15) is 10.2 Å². The zero-order valence-electron chi connectivity index (χ0n) is 25.4. The minimum Gasteiger partial charge on any atom is -0.489 e. The summed E-state index contributed by atoms with van der Waals surface area (Å²) in [6.07, 6.45) is -3.60. The van der Waals surface area contributed by atoms with Gasteiger partial charge in [0, 0.05) is 63.2 Å². The number of alkyl halides is 2. The van der Waals surface area contributed by atoms with Crippen molar-refractivity contribution >= 4 is 23.2 Å². The minimum absolute atomic E-state index is 0.169. The first-order valence-corrected chi connectivity index (χ1v) is 14.7. The zero-order chi connectivity index (χ0) is 32.1. The van der Waals surface area contributed by atoms with E-state index >= 15 is 0 Å². The van der Waals surface area contributed by atoms with E-state index in [0.29, 0.717) is 59.0 Å². The van der Waals surface area contributed by atoms with Crippen LogP contribution in [0.3, 0.4) is 0 Å². The SMILES string of the molecule is COc1nc(Nc2cc(-c3ccc(OC4CCN(C(=O)[C@@H](O)C(F)F)CC4)c(C#N)c3)ncn2)ccc1N1CCN(C)[C@@H](C)C1. The summed E-state index contributed by atoms with van der Waals surface area (Å²) in [5.74, 6) is 0.963. The lowest BCUT2D eigenvalue weighted by molar-refractivity contribution is -0.150. The first-order valence-electron chi connectivity index (χ1n) is 14.7. The van der Waals surface area contributed by atoms with Gasteiger partial charge < -0.3 is 34.6 Å². The highest BCUT2D eigenvalue weighted by molar-refractivity contribution is 5.81. The number of likely N-dealkylation sites (tertiary alicyclic amines) is 1. The summed E-state index contributed by atoms with van der Waals surface area (Å²) in [4.78, 5) is 31.2. The Morgan fingerprint density at radius 1 is 1.11 bits per heavy atom. The molecule has 2 fully saturated rings. The van der Waals surface area contributed by atoms with Gasteiger partial charge in [0.25, 0.3) is 12.3 Å². The van der Waals surface area contributed by atoms with Crippen LogP contribution in [0.5, 0.6) is 11.6 Å². The zero-order valence-corrected chi connectivity index (χ0v) is 25.4. The Morgan fingerprint density at radius 2 is 1.89 bits per heavy atom. The fraction of sp³-hybridized carbons (Fsp3) is 0.452. The molecule has 2 saturated heterocycles. The molecule has 0 aliphatic carbocycles. The van der Waals surface area contributed by atoms with Gasteiger partial charge in [-0.3, -0.25) is 4.79 Å². The van der Waals surface area contributed by atoms with Gasteiger partial charge in [0.2, 0.25) is 5.88 Å². The van der Waals surface area contributed by atoms with Crippen molar-refractivity contribution in [2.45, 2.75) is 44.4 Å². The van der Waals surface area contributed by atoms with Crippen LogP contribution in [0.25, 0.3) is 11.3 Å². The predicted molar refractivity (Wildman–Crippen MR) is 163 cm³/mol. The highest BCUT2D eigenvalue weighted by atomic mass is 19.3. The molecule has 14 heteroatoms. The number of amides is 1. The molecule has 0 radical (unpaired) electrons. The van der Waals surface area contributed by atoms with Crippen molar-refractivity contribution < 1.29 is 28.2 Å². The molecule has 12 nitrogen and oxygen atoms in total. The Bertz CT molecular complexity index is 1550. The molecule has 0 unspecified atom stereocenters. The van der Waals surface area contributed by atoms with Crippen LogP contribution < -0.4 is 19.7 Å². The number of rotatable bonds is 9. The Hall–Kier alpha value is -4.61. The maximum Gasteiger partial charge on any atom is 0.273 e. The number of nitrogens with one attached hydrogen (secondary N) is 1. The number of aromatic nitrogens is 3. The number of likely N-dealkylation sites (N-methyl/N-ethyl adjacent to an activating group) is 1. The number of halogens is 2. The van der Waals surface area contributed by atoms with Crippen LogP contribution in [0.15, 0.2) is 42.7 Å². The maximum atomic E-state index is 12.7. The number of ether oxygens (including phenoxy) is 2.